The molecule has 1 aliphatic rings. The predicted molar refractivity (Wildman–Crippen MR) is 113 cm³/mol. The number of hydrogen-bond donors (Lipinski definition) is 0. The minimum Gasteiger partial charge on any atom is -0.480 e. The van der Waals surface area contributed by atoms with Gasteiger partial charge in [0.2, 0.25) is 0 Å². The van der Waals surface area contributed by atoms with E-state index < -0.39 is 45.5 Å². The van der Waals surface area contributed by atoms with Crippen molar-refractivity contribution >= 4 is 21.6 Å². The Hall–Kier alpha value is -3.03. The number of aromatic nitrogens is 1. The lowest BCUT2D eigenvalue weighted by Crippen LogP contribution is -2.49. The third kappa shape index (κ3) is 6.35. The summed E-state index contributed by atoms with van der Waals surface area (Å²) in [6.07, 6.45) is -9.89. The van der Waals surface area contributed by atoms with Gasteiger partial charge in [0.25, 0.3) is 5.91 Å². The maximum Gasteiger partial charge on any atom is 0.425 e. The maximum absolute atomic E-state index is 13.1. The summed E-state index contributed by atoms with van der Waals surface area (Å²) in [4.78, 5) is 19.6. The zero-order valence-electron chi connectivity index (χ0n) is 18.5. The monoisotopic (exact) mass is 525 g/mol. The molecular weight excluding hydrogens is 504 g/mol. The minimum atomic E-state index is -4.71. The highest BCUT2D eigenvalue weighted by atomic mass is 32.2. The molecule has 1 aromatic carbocycles. The molecule has 0 radical (unpaired) electrons. The van der Waals surface area contributed by atoms with Crippen LogP contribution in [-0.4, -0.2) is 68.9 Å². The molecule has 1 aliphatic heterocycles. The summed E-state index contributed by atoms with van der Waals surface area (Å²) in [5.41, 5.74) is -1.24. The molecule has 1 fully saturated rings. The lowest BCUT2D eigenvalue weighted by molar-refractivity contribution is -0.189. The van der Waals surface area contributed by atoms with Gasteiger partial charge >= 0.3 is 12.4 Å². The molecule has 0 unspecified atom stereocenters. The zero-order chi connectivity index (χ0) is 26.2. The molecule has 14 heteroatoms. The molecule has 1 atom stereocenters. The van der Waals surface area contributed by atoms with Gasteiger partial charge in [-0.3, -0.25) is 4.79 Å². The Balaban J connectivity index is 1.79. The van der Waals surface area contributed by atoms with E-state index in [2.05, 4.69) is 4.98 Å². The lowest BCUT2D eigenvalue weighted by atomic mass is 10.1. The Kier molecular flexibility index (Phi) is 7.25. The van der Waals surface area contributed by atoms with E-state index in [0.717, 1.165) is 37.4 Å². The van der Waals surface area contributed by atoms with E-state index in [1.807, 2.05) is 0 Å². The number of piperazine rings is 1. The van der Waals surface area contributed by atoms with Crippen molar-refractivity contribution in [2.24, 2.45) is 0 Å². The van der Waals surface area contributed by atoms with E-state index in [-0.39, 0.29) is 42.5 Å². The summed E-state index contributed by atoms with van der Waals surface area (Å²) >= 11 is 0. The fourth-order valence-electron chi connectivity index (χ4n) is 3.32. The van der Waals surface area contributed by atoms with Gasteiger partial charge in [-0.05, 0) is 37.3 Å². The number of halogens is 6. The number of carbonyl (C=O) groups is 1. The van der Waals surface area contributed by atoms with Gasteiger partial charge in [0, 0.05) is 38.6 Å². The topological polar surface area (TPSA) is 79.8 Å². The van der Waals surface area contributed by atoms with Gasteiger partial charge in [-0.1, -0.05) is 0 Å². The van der Waals surface area contributed by atoms with Gasteiger partial charge in [-0.2, -0.15) is 26.3 Å². The van der Waals surface area contributed by atoms with E-state index in [1.54, 1.807) is 4.90 Å². The Bertz CT molecular complexity index is 1180. The van der Waals surface area contributed by atoms with Crippen molar-refractivity contribution in [3.63, 3.8) is 0 Å². The van der Waals surface area contributed by atoms with Crippen molar-refractivity contribution in [1.82, 2.24) is 9.88 Å². The van der Waals surface area contributed by atoms with E-state index in [1.165, 1.54) is 11.0 Å². The van der Waals surface area contributed by atoms with Gasteiger partial charge < -0.3 is 14.5 Å². The van der Waals surface area contributed by atoms with Crippen molar-refractivity contribution in [2.45, 2.75) is 30.3 Å². The van der Waals surface area contributed by atoms with Crippen molar-refractivity contribution < 1.29 is 44.3 Å². The summed E-state index contributed by atoms with van der Waals surface area (Å²) in [6.45, 7) is 1.27. The van der Waals surface area contributed by atoms with E-state index >= 15 is 0 Å². The van der Waals surface area contributed by atoms with Crippen LogP contribution in [0.2, 0.25) is 0 Å². The first kappa shape index (κ1) is 26.6. The van der Waals surface area contributed by atoms with Crippen molar-refractivity contribution in [3.05, 3.63) is 47.7 Å². The predicted octanol–water partition coefficient (Wildman–Crippen LogP) is 3.80. The molecule has 3 rings (SSSR count). The molecule has 7 nitrogen and oxygen atoms in total. The molecule has 2 heterocycles. The van der Waals surface area contributed by atoms with Crippen molar-refractivity contribution in [2.75, 3.05) is 37.3 Å². The summed E-state index contributed by atoms with van der Waals surface area (Å²) in [5, 5.41) is 0. The minimum absolute atomic E-state index is 0.0684. The van der Waals surface area contributed by atoms with Crippen LogP contribution >= 0.6 is 0 Å². The Morgan fingerprint density at radius 1 is 1.03 bits per heavy atom. The number of benzene rings is 1. The van der Waals surface area contributed by atoms with Crippen molar-refractivity contribution in [3.8, 4) is 5.75 Å². The second kappa shape index (κ2) is 9.55. The molecule has 0 spiro atoms. The van der Waals surface area contributed by atoms with Gasteiger partial charge in [-0.15, -0.1) is 0 Å². The molecule has 192 valence electrons. The lowest BCUT2D eigenvalue weighted by Gasteiger charge is -2.35. The summed E-state index contributed by atoms with van der Waals surface area (Å²) in [7, 11) is -3.77. The molecule has 0 N–H and O–H groups in total. The van der Waals surface area contributed by atoms with Crippen LogP contribution in [0.15, 0.2) is 41.4 Å². The largest absolute Gasteiger partial charge is 0.480 e. The number of anilines is 1. The molecule has 1 aromatic heterocycles. The molecular formula is C21H21F6N3O4S. The molecule has 35 heavy (non-hydrogen) atoms. The van der Waals surface area contributed by atoms with Gasteiger partial charge in [-0.25, -0.2) is 13.4 Å². The number of amides is 1. The molecule has 1 amide bonds. The van der Waals surface area contributed by atoms with E-state index in [4.69, 9.17) is 4.74 Å². The van der Waals surface area contributed by atoms with Crippen molar-refractivity contribution in [1.29, 1.82) is 0 Å². The molecule has 0 aliphatic carbocycles. The van der Waals surface area contributed by atoms with E-state index in [9.17, 15) is 39.6 Å². The fraction of sp³-hybridized carbons (Fsp3) is 0.429. The first-order valence-electron chi connectivity index (χ1n) is 10.2. The number of carbonyl (C=O) groups excluding carboxylic acids is 1. The fourth-order valence-corrected chi connectivity index (χ4v) is 3.96. The molecule has 0 saturated carbocycles. The summed E-state index contributed by atoms with van der Waals surface area (Å²) in [6, 6.07) is 5.13. The highest BCUT2D eigenvalue weighted by Gasteiger charge is 2.39. The average Bonchev–Trinajstić information content (AvgIpc) is 2.77. The first-order chi connectivity index (χ1) is 16.1. The van der Waals surface area contributed by atoms with Crippen LogP contribution in [0.5, 0.6) is 5.75 Å². The first-order valence-corrected chi connectivity index (χ1v) is 12.1. The van der Waals surface area contributed by atoms with Gasteiger partial charge in [0.1, 0.15) is 11.6 Å². The summed E-state index contributed by atoms with van der Waals surface area (Å²) < 4.78 is 106. The normalized spacial score (nSPS) is 16.2. The third-order valence-corrected chi connectivity index (χ3v) is 6.45. The van der Waals surface area contributed by atoms with Crippen LogP contribution in [0.1, 0.15) is 22.8 Å². The molecule has 1 saturated heterocycles. The number of hydrogen-bond acceptors (Lipinski definition) is 6. The second-order valence-corrected chi connectivity index (χ2v) is 9.93. The van der Waals surface area contributed by atoms with Crippen LogP contribution in [0.3, 0.4) is 0 Å². The SMILES string of the molecule is C[C@H](Oc1ccc(S(C)(=O)=O)cc1C(=O)N1CCN(c2ccc(C(F)(F)F)cn2)CC1)C(F)(F)F. The highest BCUT2D eigenvalue weighted by Crippen LogP contribution is 2.31. The molecule has 2 aromatic rings. The second-order valence-electron chi connectivity index (χ2n) is 7.91. The van der Waals surface area contributed by atoms with Crippen LogP contribution < -0.4 is 9.64 Å². The highest BCUT2D eigenvalue weighted by molar-refractivity contribution is 7.90. The van der Waals surface area contributed by atoms with Crippen LogP contribution in [0.25, 0.3) is 0 Å². The quantitative estimate of drug-likeness (QED) is 0.553. The number of ether oxygens (including phenoxy) is 1. The number of pyridine rings is 1. The van der Waals surface area contributed by atoms with Gasteiger partial charge in [0.15, 0.2) is 15.9 Å². The van der Waals surface area contributed by atoms with Crippen LogP contribution in [0.4, 0.5) is 32.2 Å². The van der Waals surface area contributed by atoms with Crippen LogP contribution in [0, 0.1) is 0 Å². The maximum atomic E-state index is 13.1. The third-order valence-electron chi connectivity index (χ3n) is 5.34. The average molecular weight is 525 g/mol. The number of nitrogens with zero attached hydrogens (tertiary/aromatic N) is 3. The van der Waals surface area contributed by atoms with Crippen LogP contribution in [-0.2, 0) is 16.0 Å². The Morgan fingerprint density at radius 3 is 2.14 bits per heavy atom. The molecule has 0 bridgehead atoms. The summed E-state index contributed by atoms with van der Waals surface area (Å²) in [5.74, 6) is -0.883. The van der Waals surface area contributed by atoms with Gasteiger partial charge in [0.05, 0.1) is 16.0 Å². The Morgan fingerprint density at radius 2 is 1.66 bits per heavy atom. The number of alkyl halides is 6. The standard InChI is InChI=1S/C21H21F6N3O4S/c1-13(20(22,23)24)34-17-5-4-15(35(2,32)33)11-16(17)19(31)30-9-7-29(8-10-30)18-6-3-14(12-28-18)21(25,26)27/h3-6,11-13H,7-10H2,1-2H3/t13-/m0/s1. The smallest absolute Gasteiger partial charge is 0.425 e. The van der Waals surface area contributed by atoms with E-state index in [0.29, 0.717) is 6.20 Å². The zero-order valence-corrected chi connectivity index (χ0v) is 19.3. The number of rotatable bonds is 5. The Labute approximate surface area is 197 Å². The number of sulfone groups is 1.